The van der Waals surface area contributed by atoms with Gasteiger partial charge in [0.05, 0.1) is 19.0 Å². The molecule has 24 heavy (non-hydrogen) atoms. The number of allylic oxidation sites excluding steroid dienone is 1. The molecule has 7 heteroatoms. The van der Waals surface area contributed by atoms with Crippen LogP contribution in [0.2, 0.25) is 0 Å². The maximum Gasteiger partial charge on any atom is 0.162 e. The Balaban J connectivity index is 2.88. The van der Waals surface area contributed by atoms with Crippen LogP contribution in [-0.2, 0) is 0 Å². The van der Waals surface area contributed by atoms with Crippen LogP contribution in [0.1, 0.15) is 45.7 Å². The predicted molar refractivity (Wildman–Crippen MR) is 95.7 cm³/mol. The number of hydrogen-bond acceptors (Lipinski definition) is 5. The number of hydrogen-bond donors (Lipinski definition) is 3. The van der Waals surface area contributed by atoms with Gasteiger partial charge in [0.15, 0.2) is 5.82 Å². The Labute approximate surface area is 143 Å². The number of nitrogens with zero attached hydrogens (tertiary/aromatic N) is 2. The van der Waals surface area contributed by atoms with E-state index in [-0.39, 0.29) is 11.9 Å². The standard InChI is InChI=1S/C17H28FN5O/c1-5-9-24-16-8-7-14(18)10-15(16)13(4)21-11-22-17(12(3)19)23(20)6-2/h7-8,10-11,13H,5-6,9,19-20H2,1-4H3,(H,21,22)/b17-12-. The molecule has 5 N–H and O–H groups in total. The Bertz CT molecular complexity index is 584. The van der Waals surface area contributed by atoms with E-state index in [1.165, 1.54) is 23.5 Å². The number of benzene rings is 1. The number of ether oxygens (including phenoxy) is 1. The van der Waals surface area contributed by atoms with Crippen LogP contribution in [0, 0.1) is 5.82 Å². The molecule has 0 radical (unpaired) electrons. The lowest BCUT2D eigenvalue weighted by molar-refractivity contribution is 0.311. The fraction of sp³-hybridized carbons (Fsp3) is 0.471. The molecular formula is C17H28FN5O. The van der Waals surface area contributed by atoms with Gasteiger partial charge in [-0.25, -0.2) is 15.2 Å². The van der Waals surface area contributed by atoms with E-state index in [1.807, 2.05) is 20.8 Å². The molecule has 0 aliphatic heterocycles. The molecule has 0 aliphatic carbocycles. The minimum atomic E-state index is -0.308. The summed E-state index contributed by atoms with van der Waals surface area (Å²) in [6, 6.07) is 4.30. The zero-order valence-electron chi connectivity index (χ0n) is 14.8. The normalized spacial score (nSPS) is 13.6. The van der Waals surface area contributed by atoms with Gasteiger partial charge in [0.25, 0.3) is 0 Å². The molecule has 0 amide bonds. The van der Waals surface area contributed by atoms with Gasteiger partial charge < -0.3 is 15.8 Å². The summed E-state index contributed by atoms with van der Waals surface area (Å²) in [5.74, 6) is 6.66. The molecule has 6 nitrogen and oxygen atoms in total. The fourth-order valence-electron chi connectivity index (χ4n) is 2.05. The summed E-state index contributed by atoms with van der Waals surface area (Å²) in [7, 11) is 0. The highest BCUT2D eigenvalue weighted by molar-refractivity contribution is 5.57. The highest BCUT2D eigenvalue weighted by Crippen LogP contribution is 2.26. The van der Waals surface area contributed by atoms with Gasteiger partial charge in [-0.2, -0.15) is 0 Å². The van der Waals surface area contributed by atoms with Crippen LogP contribution < -0.4 is 21.6 Å². The summed E-state index contributed by atoms with van der Waals surface area (Å²) in [6.07, 6.45) is 2.40. The molecule has 1 rings (SSSR count). The van der Waals surface area contributed by atoms with E-state index in [1.54, 1.807) is 13.0 Å². The van der Waals surface area contributed by atoms with Crippen molar-refractivity contribution in [2.75, 3.05) is 13.2 Å². The molecule has 1 aromatic rings. The van der Waals surface area contributed by atoms with Gasteiger partial charge in [-0.15, -0.1) is 0 Å². The van der Waals surface area contributed by atoms with Crippen LogP contribution in [-0.4, -0.2) is 24.5 Å². The molecule has 0 aliphatic rings. The highest BCUT2D eigenvalue weighted by atomic mass is 19.1. The van der Waals surface area contributed by atoms with Crippen LogP contribution in [0.3, 0.4) is 0 Å². The van der Waals surface area contributed by atoms with E-state index in [0.717, 1.165) is 12.0 Å². The monoisotopic (exact) mass is 337 g/mol. The van der Waals surface area contributed by atoms with Crippen LogP contribution in [0.5, 0.6) is 5.75 Å². The molecule has 1 atom stereocenters. The number of nitrogens with one attached hydrogen (secondary N) is 1. The van der Waals surface area contributed by atoms with E-state index in [0.29, 0.717) is 30.4 Å². The van der Waals surface area contributed by atoms with E-state index < -0.39 is 0 Å². The van der Waals surface area contributed by atoms with Gasteiger partial charge in [-0.1, -0.05) is 6.92 Å². The molecule has 0 bridgehead atoms. The Kier molecular flexibility index (Phi) is 8.05. The number of halogens is 1. The first-order valence-electron chi connectivity index (χ1n) is 8.10. The average Bonchev–Trinajstić information content (AvgIpc) is 2.56. The summed E-state index contributed by atoms with van der Waals surface area (Å²) >= 11 is 0. The third kappa shape index (κ3) is 5.73. The van der Waals surface area contributed by atoms with E-state index >= 15 is 0 Å². The molecule has 134 valence electrons. The lowest BCUT2D eigenvalue weighted by Crippen LogP contribution is -2.31. The summed E-state index contributed by atoms with van der Waals surface area (Å²) in [6.45, 7) is 8.71. The fourth-order valence-corrected chi connectivity index (χ4v) is 2.05. The Morgan fingerprint density at radius 1 is 1.46 bits per heavy atom. The Morgan fingerprint density at radius 3 is 2.75 bits per heavy atom. The van der Waals surface area contributed by atoms with Crippen molar-refractivity contribution in [3.05, 3.63) is 41.1 Å². The number of nitrogens with two attached hydrogens (primary N) is 2. The van der Waals surface area contributed by atoms with Gasteiger partial charge in [0.2, 0.25) is 0 Å². The van der Waals surface area contributed by atoms with Gasteiger partial charge in [0.1, 0.15) is 11.6 Å². The molecule has 0 spiro atoms. The van der Waals surface area contributed by atoms with Gasteiger partial charge >= 0.3 is 0 Å². The van der Waals surface area contributed by atoms with Crippen molar-refractivity contribution in [3.8, 4) is 5.75 Å². The van der Waals surface area contributed by atoms with Crippen LogP contribution >= 0.6 is 0 Å². The summed E-state index contributed by atoms with van der Waals surface area (Å²) in [4.78, 5) is 4.26. The van der Waals surface area contributed by atoms with Crippen LogP contribution in [0.4, 0.5) is 4.39 Å². The molecule has 1 unspecified atom stereocenters. The van der Waals surface area contributed by atoms with Crippen molar-refractivity contribution in [1.82, 2.24) is 10.3 Å². The minimum absolute atomic E-state index is 0.191. The number of rotatable bonds is 9. The molecule has 0 aromatic heterocycles. The van der Waals surface area contributed by atoms with E-state index in [4.69, 9.17) is 16.3 Å². The number of aliphatic imine (C=N–C) groups is 1. The van der Waals surface area contributed by atoms with Gasteiger partial charge in [-0.3, -0.25) is 5.01 Å². The first-order chi connectivity index (χ1) is 11.4. The third-order valence-electron chi connectivity index (χ3n) is 3.38. The van der Waals surface area contributed by atoms with Crippen molar-refractivity contribution in [2.45, 2.75) is 40.2 Å². The molecule has 0 saturated heterocycles. The van der Waals surface area contributed by atoms with Crippen molar-refractivity contribution in [1.29, 1.82) is 0 Å². The van der Waals surface area contributed by atoms with Crippen molar-refractivity contribution in [3.63, 3.8) is 0 Å². The van der Waals surface area contributed by atoms with E-state index in [9.17, 15) is 4.39 Å². The first kappa shape index (κ1) is 19.8. The largest absolute Gasteiger partial charge is 0.493 e. The van der Waals surface area contributed by atoms with Crippen molar-refractivity contribution in [2.24, 2.45) is 16.6 Å². The minimum Gasteiger partial charge on any atom is -0.493 e. The first-order valence-corrected chi connectivity index (χ1v) is 8.10. The molecule has 0 heterocycles. The van der Waals surface area contributed by atoms with Gasteiger partial charge in [-0.05, 0) is 45.4 Å². The van der Waals surface area contributed by atoms with Crippen LogP contribution in [0.15, 0.2) is 34.7 Å². The molecule has 0 saturated carbocycles. The lowest BCUT2D eigenvalue weighted by atomic mass is 10.1. The maximum absolute atomic E-state index is 13.6. The second-order valence-electron chi connectivity index (χ2n) is 5.47. The Morgan fingerprint density at radius 2 is 2.17 bits per heavy atom. The quantitative estimate of drug-likeness (QED) is 0.279. The second-order valence-corrected chi connectivity index (χ2v) is 5.47. The van der Waals surface area contributed by atoms with Crippen LogP contribution in [0.25, 0.3) is 0 Å². The van der Waals surface area contributed by atoms with Crippen molar-refractivity contribution >= 4 is 6.34 Å². The lowest BCUT2D eigenvalue weighted by Gasteiger charge is -2.19. The third-order valence-corrected chi connectivity index (χ3v) is 3.38. The zero-order chi connectivity index (χ0) is 18.1. The molecular weight excluding hydrogens is 309 g/mol. The van der Waals surface area contributed by atoms with Crippen molar-refractivity contribution < 1.29 is 9.13 Å². The summed E-state index contributed by atoms with van der Waals surface area (Å²) in [5, 5.41) is 4.55. The Hall–Kier alpha value is -2.28. The molecule has 1 aromatic carbocycles. The predicted octanol–water partition coefficient (Wildman–Crippen LogP) is 2.64. The summed E-state index contributed by atoms with van der Waals surface area (Å²) < 4.78 is 19.2. The topological polar surface area (TPSA) is 88.9 Å². The zero-order valence-corrected chi connectivity index (χ0v) is 14.8. The SMILES string of the molecule is CCCOc1ccc(F)cc1C(C)N/C=N/C(=C(\C)N)N(N)CC. The van der Waals surface area contributed by atoms with E-state index in [2.05, 4.69) is 10.3 Å². The smallest absolute Gasteiger partial charge is 0.162 e. The average molecular weight is 337 g/mol. The van der Waals surface area contributed by atoms with Gasteiger partial charge in [0, 0.05) is 17.8 Å². The number of hydrazine groups is 1. The summed E-state index contributed by atoms with van der Waals surface area (Å²) in [5.41, 5.74) is 7.03. The molecule has 0 fully saturated rings. The highest BCUT2D eigenvalue weighted by Gasteiger charge is 2.12. The maximum atomic E-state index is 13.6. The second kappa shape index (κ2) is 9.77.